The van der Waals surface area contributed by atoms with Crippen LogP contribution in [0, 0.1) is 6.92 Å². The summed E-state index contributed by atoms with van der Waals surface area (Å²) in [4.78, 5) is 30.2. The van der Waals surface area contributed by atoms with E-state index in [1.54, 1.807) is 20.0 Å². The largest absolute Gasteiger partial charge is 0.368 e. The smallest absolute Gasteiger partial charge is 0.258 e. The summed E-state index contributed by atoms with van der Waals surface area (Å²) in [6.07, 6.45) is 1.75. The van der Waals surface area contributed by atoms with Gasteiger partial charge in [-0.25, -0.2) is 4.68 Å². The third-order valence-electron chi connectivity index (χ3n) is 4.36. The quantitative estimate of drug-likeness (QED) is 0.837. The Kier molecular flexibility index (Phi) is 4.80. The molecule has 25 heavy (non-hydrogen) atoms. The van der Waals surface area contributed by atoms with Gasteiger partial charge in [-0.15, -0.1) is 0 Å². The average Bonchev–Trinajstić information content (AvgIpc) is 3.14. The van der Waals surface area contributed by atoms with E-state index >= 15 is 0 Å². The Hall–Kier alpha value is -2.74. The number of hydrogen-bond acceptors (Lipinski definition) is 5. The Morgan fingerprint density at radius 1 is 1.40 bits per heavy atom. The number of rotatable bonds is 5. The molecule has 2 heterocycles. The molecule has 0 spiro atoms. The van der Waals surface area contributed by atoms with E-state index < -0.39 is 0 Å². The first kappa shape index (κ1) is 17.1. The van der Waals surface area contributed by atoms with Crippen LogP contribution < -0.4 is 11.1 Å². The fourth-order valence-electron chi connectivity index (χ4n) is 3.18. The number of aryl methyl sites for hydroxylation is 2. The van der Waals surface area contributed by atoms with Crippen molar-refractivity contribution in [2.45, 2.75) is 32.4 Å². The highest BCUT2D eigenvalue weighted by molar-refractivity contribution is 6.03. The first-order chi connectivity index (χ1) is 11.9. The van der Waals surface area contributed by atoms with Gasteiger partial charge < -0.3 is 5.73 Å². The van der Waals surface area contributed by atoms with Gasteiger partial charge in [0.2, 0.25) is 11.9 Å². The normalized spacial score (nSPS) is 17.6. The Labute approximate surface area is 146 Å². The van der Waals surface area contributed by atoms with Crippen molar-refractivity contribution in [2.24, 2.45) is 12.8 Å². The Bertz CT molecular complexity index is 800. The molecular weight excluding hydrogens is 320 g/mol. The molecule has 1 fully saturated rings. The van der Waals surface area contributed by atoms with Crippen molar-refractivity contribution in [3.05, 3.63) is 41.2 Å². The van der Waals surface area contributed by atoms with Crippen molar-refractivity contribution < 1.29 is 9.59 Å². The van der Waals surface area contributed by atoms with E-state index in [1.807, 2.05) is 18.2 Å². The van der Waals surface area contributed by atoms with Gasteiger partial charge in [-0.1, -0.05) is 12.1 Å². The molecule has 132 valence electrons. The number of nitrogens with two attached hydrogens (primary N) is 1. The van der Waals surface area contributed by atoms with Gasteiger partial charge in [-0.2, -0.15) is 10.1 Å². The zero-order chi connectivity index (χ0) is 18.0. The fourth-order valence-corrected chi connectivity index (χ4v) is 3.18. The predicted octanol–water partition coefficient (Wildman–Crippen LogP) is 0.826. The summed E-state index contributed by atoms with van der Waals surface area (Å²) >= 11 is 0. The molecule has 3 N–H and O–H groups in total. The van der Waals surface area contributed by atoms with Crippen LogP contribution in [-0.4, -0.2) is 44.1 Å². The Balaban J connectivity index is 1.71. The number of carbonyl (C=O) groups is 2. The summed E-state index contributed by atoms with van der Waals surface area (Å²) in [5.74, 6) is 0.466. The van der Waals surface area contributed by atoms with E-state index in [0.29, 0.717) is 23.9 Å². The lowest BCUT2D eigenvalue weighted by Crippen LogP contribution is -2.39. The monoisotopic (exact) mass is 342 g/mol. The number of primary amides is 1. The number of hydrogen-bond donors (Lipinski definition) is 2. The van der Waals surface area contributed by atoms with Gasteiger partial charge in [0.25, 0.3) is 5.91 Å². The first-order valence-electron chi connectivity index (χ1n) is 8.25. The highest BCUT2D eigenvalue weighted by atomic mass is 16.2. The molecule has 0 radical (unpaired) electrons. The molecule has 2 amide bonds. The molecule has 1 aliphatic rings. The van der Waals surface area contributed by atoms with Crippen LogP contribution >= 0.6 is 0 Å². The summed E-state index contributed by atoms with van der Waals surface area (Å²) in [6.45, 7) is 3.20. The molecule has 8 nitrogen and oxygen atoms in total. The highest BCUT2D eigenvalue weighted by Crippen LogP contribution is 2.20. The zero-order valence-electron chi connectivity index (χ0n) is 14.4. The molecule has 3 rings (SSSR count). The summed E-state index contributed by atoms with van der Waals surface area (Å²) in [6, 6.07) is 7.13. The van der Waals surface area contributed by atoms with Gasteiger partial charge >= 0.3 is 0 Å². The number of nitrogens with zero attached hydrogens (tertiary/aromatic N) is 4. The maximum absolute atomic E-state index is 12.5. The van der Waals surface area contributed by atoms with E-state index in [-0.39, 0.29) is 17.9 Å². The number of amides is 2. The van der Waals surface area contributed by atoms with E-state index in [4.69, 9.17) is 5.73 Å². The zero-order valence-corrected chi connectivity index (χ0v) is 14.4. The van der Waals surface area contributed by atoms with Crippen LogP contribution in [0.2, 0.25) is 0 Å². The maximum atomic E-state index is 12.5. The number of carbonyl (C=O) groups excluding carboxylic acids is 2. The second-order valence-electron chi connectivity index (χ2n) is 6.29. The fraction of sp³-hybridized carbons (Fsp3) is 0.412. The van der Waals surface area contributed by atoms with E-state index in [2.05, 4.69) is 20.3 Å². The molecule has 0 saturated carbocycles. The maximum Gasteiger partial charge on any atom is 0.258 e. The van der Waals surface area contributed by atoms with Gasteiger partial charge in [-0.05, 0) is 44.0 Å². The molecule has 0 bridgehead atoms. The molecular formula is C17H22N6O2. The third-order valence-corrected chi connectivity index (χ3v) is 4.36. The van der Waals surface area contributed by atoms with Gasteiger partial charge in [0.05, 0.1) is 6.04 Å². The van der Waals surface area contributed by atoms with Crippen LogP contribution in [0.25, 0.3) is 0 Å². The van der Waals surface area contributed by atoms with Crippen molar-refractivity contribution in [2.75, 3.05) is 11.9 Å². The molecule has 0 unspecified atom stereocenters. The number of anilines is 1. The number of aromatic nitrogens is 3. The molecule has 0 aliphatic carbocycles. The molecule has 1 aliphatic heterocycles. The molecule has 2 aromatic rings. The number of benzene rings is 1. The number of nitrogens with one attached hydrogen (secondary N) is 1. The van der Waals surface area contributed by atoms with Crippen LogP contribution in [0.5, 0.6) is 0 Å². The second-order valence-corrected chi connectivity index (χ2v) is 6.29. The van der Waals surface area contributed by atoms with Gasteiger partial charge in [0.1, 0.15) is 5.82 Å². The molecule has 1 saturated heterocycles. The van der Waals surface area contributed by atoms with E-state index in [9.17, 15) is 9.59 Å². The summed E-state index contributed by atoms with van der Waals surface area (Å²) in [5, 5.41) is 6.87. The Morgan fingerprint density at radius 2 is 2.20 bits per heavy atom. The lowest BCUT2D eigenvalue weighted by molar-refractivity contribution is -0.122. The second kappa shape index (κ2) is 7.02. The first-order valence-corrected chi connectivity index (χ1v) is 8.25. The third kappa shape index (κ3) is 3.85. The van der Waals surface area contributed by atoms with Crippen LogP contribution in [0.4, 0.5) is 5.95 Å². The Morgan fingerprint density at radius 3 is 2.88 bits per heavy atom. The minimum absolute atomic E-state index is 0.223. The van der Waals surface area contributed by atoms with Crippen LogP contribution in [-0.2, 0) is 18.4 Å². The van der Waals surface area contributed by atoms with Gasteiger partial charge in [0, 0.05) is 19.2 Å². The van der Waals surface area contributed by atoms with Crippen molar-refractivity contribution >= 4 is 17.8 Å². The number of likely N-dealkylation sites (tertiary alicyclic amines) is 1. The lowest BCUT2D eigenvalue weighted by Gasteiger charge is -2.21. The SMILES string of the molecule is Cc1nc(NC(=O)c2cccc(CN3CCC[C@H]3C(N)=O)c2)n(C)n1. The van der Waals surface area contributed by atoms with Gasteiger partial charge in [0.15, 0.2) is 0 Å². The summed E-state index contributed by atoms with van der Waals surface area (Å²) in [5.41, 5.74) is 6.96. The van der Waals surface area contributed by atoms with E-state index in [1.165, 1.54) is 4.68 Å². The average molecular weight is 342 g/mol. The van der Waals surface area contributed by atoms with E-state index in [0.717, 1.165) is 24.9 Å². The van der Waals surface area contributed by atoms with Crippen molar-refractivity contribution in [3.8, 4) is 0 Å². The molecule has 1 aromatic carbocycles. The van der Waals surface area contributed by atoms with Gasteiger partial charge in [-0.3, -0.25) is 19.8 Å². The summed E-state index contributed by atoms with van der Waals surface area (Å²) in [7, 11) is 1.73. The van der Waals surface area contributed by atoms with Crippen molar-refractivity contribution in [1.29, 1.82) is 0 Å². The topological polar surface area (TPSA) is 106 Å². The minimum Gasteiger partial charge on any atom is -0.368 e. The predicted molar refractivity (Wildman–Crippen MR) is 92.8 cm³/mol. The minimum atomic E-state index is -0.288. The van der Waals surface area contributed by atoms with Crippen LogP contribution in [0.1, 0.15) is 34.6 Å². The van der Waals surface area contributed by atoms with Crippen LogP contribution in [0.3, 0.4) is 0 Å². The van der Waals surface area contributed by atoms with Crippen molar-refractivity contribution in [3.63, 3.8) is 0 Å². The summed E-state index contributed by atoms with van der Waals surface area (Å²) < 4.78 is 1.53. The standard InChI is InChI=1S/C17H22N6O2/c1-11-19-17(22(2)21-11)20-16(25)13-6-3-5-12(9-13)10-23-8-4-7-14(23)15(18)24/h3,5-6,9,14H,4,7-8,10H2,1-2H3,(H2,18,24)(H,19,20,21,25)/t14-/m0/s1. The highest BCUT2D eigenvalue weighted by Gasteiger charge is 2.28. The molecule has 1 atom stereocenters. The van der Waals surface area contributed by atoms with Crippen LogP contribution in [0.15, 0.2) is 24.3 Å². The molecule has 1 aromatic heterocycles. The molecule has 8 heteroatoms. The lowest BCUT2D eigenvalue weighted by atomic mass is 10.1. The van der Waals surface area contributed by atoms with Crippen molar-refractivity contribution in [1.82, 2.24) is 19.7 Å².